The first-order valence-corrected chi connectivity index (χ1v) is 14.3. The predicted molar refractivity (Wildman–Crippen MR) is 127 cm³/mol. The van der Waals surface area contributed by atoms with Crippen molar-refractivity contribution in [3.63, 3.8) is 0 Å². The molecule has 6 rings (SSSR count). The minimum atomic E-state index is 0.980. The van der Waals surface area contributed by atoms with Crippen molar-refractivity contribution in [2.75, 3.05) is 0 Å². The van der Waals surface area contributed by atoms with Crippen LogP contribution < -0.4 is 0 Å². The molecule has 0 spiro atoms. The average Bonchev–Trinajstić information content (AvgIpc) is 2.80. The quantitative estimate of drug-likeness (QED) is 0.410. The zero-order valence-electron chi connectivity index (χ0n) is 19.6. The third-order valence-electron chi connectivity index (χ3n) is 10.9. The fourth-order valence-corrected chi connectivity index (χ4v) is 9.34. The maximum Gasteiger partial charge on any atom is -0.0200 e. The zero-order chi connectivity index (χ0) is 19.9. The van der Waals surface area contributed by atoms with Gasteiger partial charge < -0.3 is 0 Å². The molecule has 6 atom stereocenters. The third-order valence-corrected chi connectivity index (χ3v) is 10.9. The SMILES string of the molecule is C1CC2=C(CC3CCCCC3C2)C(CCC2CCCC3=C2CC2CCCCC2C3)C1. The maximum absolute atomic E-state index is 2.02. The second-order valence-electron chi connectivity index (χ2n) is 12.4. The molecule has 0 saturated heterocycles. The highest BCUT2D eigenvalue weighted by molar-refractivity contribution is 5.27. The molecule has 0 bridgehead atoms. The van der Waals surface area contributed by atoms with Crippen LogP contribution in [0.5, 0.6) is 0 Å². The van der Waals surface area contributed by atoms with E-state index in [2.05, 4.69) is 0 Å². The highest BCUT2D eigenvalue weighted by atomic mass is 14.4. The summed E-state index contributed by atoms with van der Waals surface area (Å²) in [5, 5.41) is 0. The molecule has 0 nitrogen and oxygen atoms in total. The van der Waals surface area contributed by atoms with Gasteiger partial charge in [-0.15, -0.1) is 0 Å². The van der Waals surface area contributed by atoms with E-state index < -0.39 is 0 Å². The van der Waals surface area contributed by atoms with Crippen LogP contribution in [0.4, 0.5) is 0 Å². The minimum absolute atomic E-state index is 0.980. The van der Waals surface area contributed by atoms with Crippen molar-refractivity contribution in [2.45, 2.75) is 128 Å². The van der Waals surface area contributed by atoms with Crippen molar-refractivity contribution in [1.82, 2.24) is 0 Å². The van der Waals surface area contributed by atoms with E-state index >= 15 is 0 Å². The van der Waals surface area contributed by atoms with Gasteiger partial charge in [-0.2, -0.15) is 0 Å². The lowest BCUT2D eigenvalue weighted by molar-refractivity contribution is 0.195. The number of fused-ring (bicyclic) bond motifs is 2. The normalized spacial score (nSPS) is 41.6. The lowest BCUT2D eigenvalue weighted by atomic mass is 9.62. The first-order chi connectivity index (χ1) is 14.8. The standard InChI is InChI=1S/C30H46/c1-3-9-25-19-29-21(11-5-13-27(29)17-23(25)7-1)15-16-22-12-6-14-28-18-24-8-2-4-10-26(24)20-30(22)28/h21-26H,1-20H2. The minimum Gasteiger partial charge on any atom is -0.0704 e. The summed E-state index contributed by atoms with van der Waals surface area (Å²) in [7, 11) is 0. The Morgan fingerprint density at radius 1 is 0.433 bits per heavy atom. The van der Waals surface area contributed by atoms with Gasteiger partial charge in [-0.25, -0.2) is 0 Å². The van der Waals surface area contributed by atoms with Crippen LogP contribution in [0.15, 0.2) is 22.3 Å². The molecule has 0 aromatic rings. The topological polar surface area (TPSA) is 0 Å². The molecule has 0 heteroatoms. The van der Waals surface area contributed by atoms with E-state index in [-0.39, 0.29) is 0 Å². The highest BCUT2D eigenvalue weighted by Crippen LogP contribution is 2.52. The Morgan fingerprint density at radius 2 is 0.833 bits per heavy atom. The van der Waals surface area contributed by atoms with Crippen molar-refractivity contribution in [3.05, 3.63) is 22.3 Å². The Kier molecular flexibility index (Phi) is 5.89. The van der Waals surface area contributed by atoms with E-state index in [0.717, 1.165) is 35.5 Å². The Morgan fingerprint density at radius 3 is 1.27 bits per heavy atom. The molecular formula is C30H46. The molecule has 0 aliphatic heterocycles. The van der Waals surface area contributed by atoms with Crippen LogP contribution in [0.1, 0.15) is 128 Å². The molecule has 0 heterocycles. The summed E-state index contributed by atoms with van der Waals surface area (Å²) in [4.78, 5) is 0. The largest absolute Gasteiger partial charge is 0.0704 e. The van der Waals surface area contributed by atoms with Gasteiger partial charge in [0.15, 0.2) is 0 Å². The van der Waals surface area contributed by atoms with Crippen molar-refractivity contribution in [3.8, 4) is 0 Å². The van der Waals surface area contributed by atoms with Crippen LogP contribution in [0.3, 0.4) is 0 Å². The fraction of sp³-hybridized carbons (Fsp3) is 0.867. The van der Waals surface area contributed by atoms with Crippen LogP contribution in [-0.2, 0) is 0 Å². The monoisotopic (exact) mass is 406 g/mol. The summed E-state index contributed by atoms with van der Waals surface area (Å²) >= 11 is 0. The van der Waals surface area contributed by atoms with Gasteiger partial charge in [-0.3, -0.25) is 0 Å². The van der Waals surface area contributed by atoms with Crippen LogP contribution in [-0.4, -0.2) is 0 Å². The van der Waals surface area contributed by atoms with Crippen molar-refractivity contribution in [1.29, 1.82) is 0 Å². The molecular weight excluding hydrogens is 360 g/mol. The predicted octanol–water partition coefficient (Wildman–Crippen LogP) is 9.16. The summed E-state index contributed by atoms with van der Waals surface area (Å²) in [6.45, 7) is 0. The van der Waals surface area contributed by atoms with Crippen molar-refractivity contribution >= 4 is 0 Å². The van der Waals surface area contributed by atoms with Gasteiger partial charge in [0.1, 0.15) is 0 Å². The molecule has 0 aromatic heterocycles. The molecule has 0 N–H and O–H groups in total. The van der Waals surface area contributed by atoms with Gasteiger partial charge in [-0.1, -0.05) is 48.0 Å². The summed E-state index contributed by atoms with van der Waals surface area (Å²) < 4.78 is 0. The summed E-state index contributed by atoms with van der Waals surface area (Å²) in [5.74, 6) is 6.26. The van der Waals surface area contributed by atoms with Crippen LogP contribution in [0.2, 0.25) is 0 Å². The lowest BCUT2D eigenvalue weighted by Crippen LogP contribution is -2.30. The van der Waals surface area contributed by atoms with E-state index in [1.165, 1.54) is 103 Å². The molecule has 6 unspecified atom stereocenters. The van der Waals surface area contributed by atoms with Gasteiger partial charge in [-0.05, 0) is 138 Å². The molecule has 166 valence electrons. The smallest absolute Gasteiger partial charge is 0.0200 e. The Bertz CT molecular complexity index is 633. The Hall–Kier alpha value is -0.520. The van der Waals surface area contributed by atoms with Crippen LogP contribution in [0, 0.1) is 35.5 Å². The van der Waals surface area contributed by atoms with E-state index in [0.29, 0.717) is 0 Å². The van der Waals surface area contributed by atoms with Gasteiger partial charge in [0.25, 0.3) is 0 Å². The molecule has 2 fully saturated rings. The van der Waals surface area contributed by atoms with E-state index in [4.69, 9.17) is 0 Å². The fourth-order valence-electron chi connectivity index (χ4n) is 9.34. The van der Waals surface area contributed by atoms with E-state index in [1.54, 1.807) is 25.7 Å². The number of rotatable bonds is 3. The van der Waals surface area contributed by atoms with Crippen LogP contribution in [0.25, 0.3) is 0 Å². The van der Waals surface area contributed by atoms with Gasteiger partial charge in [0, 0.05) is 0 Å². The van der Waals surface area contributed by atoms with Crippen molar-refractivity contribution in [2.24, 2.45) is 35.5 Å². The summed E-state index contributed by atoms with van der Waals surface area (Å²) in [5.41, 5.74) is 7.98. The van der Waals surface area contributed by atoms with E-state index in [1.807, 2.05) is 22.3 Å². The van der Waals surface area contributed by atoms with Crippen molar-refractivity contribution < 1.29 is 0 Å². The summed E-state index contributed by atoms with van der Waals surface area (Å²) in [6, 6.07) is 0. The molecule has 6 aliphatic rings. The summed E-state index contributed by atoms with van der Waals surface area (Å²) in [6.07, 6.45) is 30.4. The Balaban J connectivity index is 1.14. The second-order valence-corrected chi connectivity index (χ2v) is 12.4. The molecule has 6 aliphatic carbocycles. The molecule has 2 saturated carbocycles. The Labute approximate surface area is 186 Å². The van der Waals surface area contributed by atoms with Crippen LogP contribution >= 0.6 is 0 Å². The van der Waals surface area contributed by atoms with E-state index in [9.17, 15) is 0 Å². The number of hydrogen-bond donors (Lipinski definition) is 0. The lowest BCUT2D eigenvalue weighted by Gasteiger charge is -2.44. The molecule has 30 heavy (non-hydrogen) atoms. The van der Waals surface area contributed by atoms with Gasteiger partial charge in [0.2, 0.25) is 0 Å². The highest BCUT2D eigenvalue weighted by Gasteiger charge is 2.38. The van der Waals surface area contributed by atoms with Gasteiger partial charge >= 0.3 is 0 Å². The molecule has 0 amide bonds. The maximum atomic E-state index is 2.02. The second kappa shape index (κ2) is 8.78. The number of allylic oxidation sites excluding steroid dienone is 4. The first kappa shape index (κ1) is 20.1. The van der Waals surface area contributed by atoms with Gasteiger partial charge in [0.05, 0.1) is 0 Å². The first-order valence-electron chi connectivity index (χ1n) is 14.3. The molecule has 0 aromatic carbocycles. The average molecular weight is 407 g/mol. The molecule has 0 radical (unpaired) electrons. The zero-order valence-corrected chi connectivity index (χ0v) is 19.6. The number of hydrogen-bond acceptors (Lipinski definition) is 0. The third kappa shape index (κ3) is 3.88.